The molecule has 2 rings (SSSR count). The van der Waals surface area contributed by atoms with Crippen molar-refractivity contribution in [2.75, 3.05) is 21.3 Å². The van der Waals surface area contributed by atoms with Gasteiger partial charge < -0.3 is 18.9 Å². The number of hydrogen-bond donors (Lipinski definition) is 0. The van der Waals surface area contributed by atoms with E-state index in [1.807, 2.05) is 0 Å². The van der Waals surface area contributed by atoms with Crippen molar-refractivity contribution in [2.45, 2.75) is 33.1 Å². The largest absolute Gasteiger partial charge is 0.493 e. The van der Waals surface area contributed by atoms with E-state index in [4.69, 9.17) is 9.47 Å². The van der Waals surface area contributed by atoms with Crippen LogP contribution in [0, 0.1) is 13.8 Å². The molecular weight excluding hydrogens is 361 g/mol. The number of hydrogen-bond acceptors (Lipinski definition) is 3. The van der Waals surface area contributed by atoms with Gasteiger partial charge in [-0.3, -0.25) is 4.79 Å². The number of amides is 1. The van der Waals surface area contributed by atoms with Crippen molar-refractivity contribution in [2.24, 2.45) is 0 Å². The lowest BCUT2D eigenvalue weighted by Gasteiger charge is -2.20. The van der Waals surface area contributed by atoms with Crippen molar-refractivity contribution >= 4 is 5.91 Å². The molecular formula is C19H23F3N2O3. The highest BCUT2D eigenvalue weighted by Crippen LogP contribution is 2.32. The van der Waals surface area contributed by atoms with Gasteiger partial charge in [0.15, 0.2) is 11.5 Å². The van der Waals surface area contributed by atoms with Crippen LogP contribution < -0.4 is 9.47 Å². The zero-order valence-electron chi connectivity index (χ0n) is 16.0. The minimum atomic E-state index is -4.35. The number of halogens is 3. The predicted octanol–water partition coefficient (Wildman–Crippen LogP) is 3.96. The van der Waals surface area contributed by atoms with E-state index in [0.717, 1.165) is 10.1 Å². The molecule has 0 fully saturated rings. The first kappa shape index (κ1) is 20.7. The van der Waals surface area contributed by atoms with Gasteiger partial charge >= 0.3 is 6.18 Å². The van der Waals surface area contributed by atoms with Gasteiger partial charge in [-0.2, -0.15) is 13.2 Å². The molecule has 0 saturated carbocycles. The second kappa shape index (κ2) is 7.94. The Balaban J connectivity index is 2.28. The number of nitrogens with zero attached hydrogens (tertiary/aromatic N) is 2. The summed E-state index contributed by atoms with van der Waals surface area (Å²) in [7, 11) is 4.62. The van der Waals surface area contributed by atoms with Gasteiger partial charge in [0.1, 0.15) is 6.54 Å². The van der Waals surface area contributed by atoms with E-state index in [9.17, 15) is 18.0 Å². The lowest BCUT2D eigenvalue weighted by atomic mass is 10.1. The van der Waals surface area contributed by atoms with Gasteiger partial charge in [0.2, 0.25) is 0 Å². The Hall–Kier alpha value is -2.64. The second-order valence-electron chi connectivity index (χ2n) is 6.30. The molecule has 0 unspecified atom stereocenters. The first-order valence-electron chi connectivity index (χ1n) is 8.27. The lowest BCUT2D eigenvalue weighted by Crippen LogP contribution is -2.27. The first-order valence-corrected chi connectivity index (χ1v) is 8.27. The van der Waals surface area contributed by atoms with Gasteiger partial charge in [0.25, 0.3) is 5.91 Å². The summed E-state index contributed by atoms with van der Waals surface area (Å²) in [6, 6.07) is 6.82. The fraction of sp³-hybridized carbons (Fsp3) is 0.421. The highest BCUT2D eigenvalue weighted by molar-refractivity contribution is 5.95. The molecule has 1 heterocycles. The van der Waals surface area contributed by atoms with E-state index in [2.05, 4.69) is 0 Å². The number of carbonyl (C=O) groups is 1. The van der Waals surface area contributed by atoms with Crippen LogP contribution in [0.25, 0.3) is 0 Å². The molecule has 1 amide bonds. The molecule has 1 aromatic carbocycles. The summed E-state index contributed by atoms with van der Waals surface area (Å²) < 4.78 is 50.0. The molecule has 8 heteroatoms. The maximum atomic E-state index is 12.8. The molecule has 0 aliphatic carbocycles. The average Bonchev–Trinajstić information content (AvgIpc) is 2.87. The van der Waals surface area contributed by atoms with Crippen LogP contribution in [0.3, 0.4) is 0 Å². The Kier molecular flexibility index (Phi) is 6.08. The third-order valence-electron chi connectivity index (χ3n) is 4.38. The molecule has 0 aliphatic heterocycles. The van der Waals surface area contributed by atoms with E-state index in [-0.39, 0.29) is 18.0 Å². The maximum Gasteiger partial charge on any atom is 0.406 e. The highest BCUT2D eigenvalue weighted by atomic mass is 19.4. The van der Waals surface area contributed by atoms with Crippen LogP contribution in [0.5, 0.6) is 11.5 Å². The number of carbonyl (C=O) groups excluding carboxylic acids is 1. The van der Waals surface area contributed by atoms with Crippen LogP contribution in [0.4, 0.5) is 13.2 Å². The summed E-state index contributed by atoms with van der Waals surface area (Å²) in [4.78, 5) is 14.3. The minimum absolute atomic E-state index is 0.224. The summed E-state index contributed by atoms with van der Waals surface area (Å²) in [5.41, 5.74) is 1.66. The van der Waals surface area contributed by atoms with E-state index in [1.54, 1.807) is 32.2 Å². The first-order chi connectivity index (χ1) is 12.6. The van der Waals surface area contributed by atoms with Gasteiger partial charge in [-0.25, -0.2) is 0 Å². The van der Waals surface area contributed by atoms with Crippen molar-refractivity contribution in [1.82, 2.24) is 9.47 Å². The number of ether oxygens (including phenoxy) is 2. The van der Waals surface area contributed by atoms with Gasteiger partial charge in [0.05, 0.1) is 19.8 Å². The van der Waals surface area contributed by atoms with Gasteiger partial charge in [-0.05, 0) is 26.0 Å². The minimum Gasteiger partial charge on any atom is -0.493 e. The molecule has 0 radical (unpaired) electrons. The molecule has 0 saturated heterocycles. The van der Waals surface area contributed by atoms with E-state index in [0.29, 0.717) is 22.9 Å². The van der Waals surface area contributed by atoms with Crippen LogP contribution in [0.1, 0.15) is 27.3 Å². The van der Waals surface area contributed by atoms with Gasteiger partial charge in [0, 0.05) is 30.5 Å². The number of rotatable bonds is 6. The quantitative estimate of drug-likeness (QED) is 0.757. The normalized spacial score (nSPS) is 11.4. The number of benzene rings is 1. The van der Waals surface area contributed by atoms with Crippen LogP contribution in [-0.4, -0.2) is 42.8 Å². The molecule has 0 atom stereocenters. The van der Waals surface area contributed by atoms with E-state index in [1.165, 1.54) is 32.1 Å². The third kappa shape index (κ3) is 4.56. The fourth-order valence-electron chi connectivity index (χ4n) is 3.05. The smallest absolute Gasteiger partial charge is 0.406 e. The molecule has 5 nitrogen and oxygen atoms in total. The molecule has 1 aromatic heterocycles. The molecule has 148 valence electrons. The summed E-state index contributed by atoms with van der Waals surface area (Å²) in [6.45, 7) is 2.18. The molecule has 0 N–H and O–H groups in total. The van der Waals surface area contributed by atoms with Crippen molar-refractivity contribution < 1.29 is 27.4 Å². The predicted molar refractivity (Wildman–Crippen MR) is 95.3 cm³/mol. The van der Waals surface area contributed by atoms with Crippen LogP contribution in [0.15, 0.2) is 24.3 Å². The number of alkyl halides is 3. The Labute approximate surface area is 156 Å². The van der Waals surface area contributed by atoms with Crippen LogP contribution in [0.2, 0.25) is 0 Å². The van der Waals surface area contributed by atoms with Crippen molar-refractivity contribution in [3.63, 3.8) is 0 Å². The summed E-state index contributed by atoms with van der Waals surface area (Å²) in [5.74, 6) is 0.697. The topological polar surface area (TPSA) is 43.7 Å². The zero-order chi connectivity index (χ0) is 20.4. The maximum absolute atomic E-state index is 12.8. The number of aryl methyl sites for hydroxylation is 1. The molecule has 0 spiro atoms. The molecule has 0 bridgehead atoms. The van der Waals surface area contributed by atoms with Crippen LogP contribution in [-0.2, 0) is 13.1 Å². The van der Waals surface area contributed by atoms with Crippen molar-refractivity contribution in [3.8, 4) is 11.5 Å². The Morgan fingerprint density at radius 1 is 1.19 bits per heavy atom. The monoisotopic (exact) mass is 384 g/mol. The standard InChI is InChI=1S/C19H23F3N2O3/c1-12-9-15(13(2)24(12)11-19(20,21)22)18(25)23(3)10-14-7-6-8-16(26-4)17(14)27-5/h6-9H,10-11H2,1-5H3. The molecule has 0 aliphatic rings. The van der Waals surface area contributed by atoms with Gasteiger partial charge in [-0.1, -0.05) is 12.1 Å². The second-order valence-corrected chi connectivity index (χ2v) is 6.30. The van der Waals surface area contributed by atoms with E-state index < -0.39 is 12.7 Å². The summed E-state index contributed by atoms with van der Waals surface area (Å²) in [6.07, 6.45) is -4.35. The third-order valence-corrected chi connectivity index (χ3v) is 4.38. The number of aromatic nitrogens is 1. The summed E-state index contributed by atoms with van der Waals surface area (Å²) >= 11 is 0. The number of methoxy groups -OCH3 is 2. The molecule has 2 aromatic rings. The zero-order valence-corrected chi connectivity index (χ0v) is 16.0. The Morgan fingerprint density at radius 3 is 2.41 bits per heavy atom. The fourth-order valence-corrected chi connectivity index (χ4v) is 3.05. The Bertz CT molecular complexity index is 828. The van der Waals surface area contributed by atoms with E-state index >= 15 is 0 Å². The SMILES string of the molecule is COc1cccc(CN(C)C(=O)c2cc(C)n(CC(F)(F)F)c2C)c1OC. The average molecular weight is 384 g/mol. The van der Waals surface area contributed by atoms with Crippen molar-refractivity contribution in [3.05, 3.63) is 46.8 Å². The Morgan fingerprint density at radius 2 is 1.85 bits per heavy atom. The van der Waals surface area contributed by atoms with Crippen molar-refractivity contribution in [1.29, 1.82) is 0 Å². The van der Waals surface area contributed by atoms with Gasteiger partial charge in [-0.15, -0.1) is 0 Å². The highest BCUT2D eigenvalue weighted by Gasteiger charge is 2.30. The lowest BCUT2D eigenvalue weighted by molar-refractivity contribution is -0.141. The molecule has 27 heavy (non-hydrogen) atoms. The summed E-state index contributed by atoms with van der Waals surface area (Å²) in [5, 5.41) is 0. The number of para-hydroxylation sites is 1. The van der Waals surface area contributed by atoms with Crippen LogP contribution >= 0.6 is 0 Å².